The van der Waals surface area contributed by atoms with Crippen LogP contribution < -0.4 is 10.1 Å². The fourth-order valence-corrected chi connectivity index (χ4v) is 2.75. The third-order valence-corrected chi connectivity index (χ3v) is 4.08. The van der Waals surface area contributed by atoms with Crippen molar-refractivity contribution in [3.63, 3.8) is 0 Å². The van der Waals surface area contributed by atoms with E-state index in [1.165, 1.54) is 0 Å². The topological polar surface area (TPSA) is 79.9 Å². The van der Waals surface area contributed by atoms with E-state index in [9.17, 15) is 4.79 Å². The maximum atomic E-state index is 12.7. The van der Waals surface area contributed by atoms with Crippen LogP contribution in [-0.2, 0) is 0 Å². The van der Waals surface area contributed by atoms with Crippen LogP contribution in [0.1, 0.15) is 15.9 Å². The van der Waals surface area contributed by atoms with E-state index in [2.05, 4.69) is 20.3 Å². The predicted molar refractivity (Wildman–Crippen MR) is 100 cm³/mol. The van der Waals surface area contributed by atoms with Crippen molar-refractivity contribution < 1.29 is 9.53 Å². The lowest BCUT2D eigenvalue weighted by atomic mass is 10.1. The van der Waals surface area contributed by atoms with Crippen LogP contribution in [0.3, 0.4) is 0 Å². The minimum absolute atomic E-state index is 0.0900. The Labute approximate surface area is 149 Å². The van der Waals surface area contributed by atoms with E-state index < -0.39 is 0 Å². The Morgan fingerprint density at radius 3 is 2.69 bits per heavy atom. The zero-order valence-corrected chi connectivity index (χ0v) is 14.1. The van der Waals surface area contributed by atoms with Gasteiger partial charge in [0.2, 0.25) is 0 Å². The van der Waals surface area contributed by atoms with Crippen LogP contribution in [-0.4, -0.2) is 27.8 Å². The molecule has 0 atom stereocenters. The number of aromatic nitrogens is 3. The Hall–Kier alpha value is -3.67. The first kappa shape index (κ1) is 15.8. The number of benzene rings is 1. The van der Waals surface area contributed by atoms with Crippen LogP contribution in [0, 0.1) is 0 Å². The molecule has 0 aliphatic carbocycles. The standard InChI is InChI=1S/C20H16N4O2/c1-26-16-6-4-14(5-7-16)24-15-9-17-18(12-23-20(17)22-11-15)19(25)13-3-2-8-21-10-13/h2-12,24H,1H3,(H,22,23). The number of hydrogen-bond acceptors (Lipinski definition) is 5. The molecular formula is C20H16N4O2. The summed E-state index contributed by atoms with van der Waals surface area (Å²) in [5.41, 5.74) is 3.48. The van der Waals surface area contributed by atoms with Crippen molar-refractivity contribution in [1.29, 1.82) is 0 Å². The number of methoxy groups -OCH3 is 1. The van der Waals surface area contributed by atoms with Gasteiger partial charge in [-0.1, -0.05) is 0 Å². The van der Waals surface area contributed by atoms with Crippen LogP contribution in [0.4, 0.5) is 11.4 Å². The van der Waals surface area contributed by atoms with Crippen molar-refractivity contribution in [1.82, 2.24) is 15.0 Å². The summed E-state index contributed by atoms with van der Waals surface area (Å²) in [6.45, 7) is 0. The highest BCUT2D eigenvalue weighted by Crippen LogP contribution is 2.25. The summed E-state index contributed by atoms with van der Waals surface area (Å²) in [5, 5.41) is 4.05. The summed E-state index contributed by atoms with van der Waals surface area (Å²) >= 11 is 0. The summed E-state index contributed by atoms with van der Waals surface area (Å²) in [7, 11) is 1.63. The number of carbonyl (C=O) groups excluding carboxylic acids is 1. The van der Waals surface area contributed by atoms with Gasteiger partial charge in [-0.15, -0.1) is 0 Å². The van der Waals surface area contributed by atoms with Crippen LogP contribution in [0.15, 0.2) is 67.3 Å². The average Bonchev–Trinajstić information content (AvgIpc) is 3.12. The summed E-state index contributed by atoms with van der Waals surface area (Å²) in [6.07, 6.45) is 6.62. The van der Waals surface area contributed by atoms with Crippen LogP contribution in [0.2, 0.25) is 0 Å². The van der Waals surface area contributed by atoms with Crippen molar-refractivity contribution >= 4 is 28.2 Å². The molecule has 0 bridgehead atoms. The molecular weight excluding hydrogens is 328 g/mol. The molecule has 2 N–H and O–H groups in total. The molecule has 0 fully saturated rings. The zero-order valence-electron chi connectivity index (χ0n) is 14.1. The van der Waals surface area contributed by atoms with Gasteiger partial charge in [0, 0.05) is 40.8 Å². The molecule has 0 unspecified atom stereocenters. The van der Waals surface area contributed by atoms with Gasteiger partial charge in [0.05, 0.1) is 19.0 Å². The highest BCUT2D eigenvalue weighted by molar-refractivity contribution is 6.16. The number of ketones is 1. The normalized spacial score (nSPS) is 10.7. The minimum atomic E-state index is -0.0900. The first-order chi connectivity index (χ1) is 12.7. The molecule has 4 rings (SSSR count). The number of hydrogen-bond donors (Lipinski definition) is 2. The number of rotatable bonds is 5. The van der Waals surface area contributed by atoms with E-state index in [1.54, 1.807) is 44.0 Å². The molecule has 6 heteroatoms. The Balaban J connectivity index is 1.67. The minimum Gasteiger partial charge on any atom is -0.497 e. The largest absolute Gasteiger partial charge is 0.497 e. The van der Waals surface area contributed by atoms with Gasteiger partial charge in [0.25, 0.3) is 0 Å². The molecule has 3 heterocycles. The molecule has 0 saturated carbocycles. The smallest absolute Gasteiger partial charge is 0.196 e. The molecule has 0 spiro atoms. The van der Waals surface area contributed by atoms with E-state index >= 15 is 0 Å². The number of nitrogens with one attached hydrogen (secondary N) is 2. The maximum absolute atomic E-state index is 12.7. The fraction of sp³-hybridized carbons (Fsp3) is 0.0500. The number of H-pyrrole nitrogens is 1. The second-order valence-electron chi connectivity index (χ2n) is 5.75. The number of anilines is 2. The molecule has 0 saturated heterocycles. The first-order valence-corrected chi connectivity index (χ1v) is 8.07. The summed E-state index contributed by atoms with van der Waals surface area (Å²) in [4.78, 5) is 24.2. The Kier molecular flexibility index (Phi) is 4.07. The van der Waals surface area contributed by atoms with Gasteiger partial charge < -0.3 is 15.0 Å². The van der Waals surface area contributed by atoms with E-state index in [0.29, 0.717) is 16.8 Å². The van der Waals surface area contributed by atoms with Crippen molar-refractivity contribution in [2.24, 2.45) is 0 Å². The van der Waals surface area contributed by atoms with Crippen molar-refractivity contribution in [2.45, 2.75) is 0 Å². The summed E-state index contributed by atoms with van der Waals surface area (Å²) in [6, 6.07) is 13.0. The zero-order chi connectivity index (χ0) is 17.9. The van der Waals surface area contributed by atoms with Gasteiger partial charge >= 0.3 is 0 Å². The van der Waals surface area contributed by atoms with Gasteiger partial charge in [-0.05, 0) is 42.5 Å². The maximum Gasteiger partial charge on any atom is 0.196 e. The summed E-state index contributed by atoms with van der Waals surface area (Å²) < 4.78 is 5.16. The van der Waals surface area contributed by atoms with Gasteiger partial charge in [0.1, 0.15) is 11.4 Å². The summed E-state index contributed by atoms with van der Waals surface area (Å²) in [5.74, 6) is 0.701. The third kappa shape index (κ3) is 3.00. The highest BCUT2D eigenvalue weighted by atomic mass is 16.5. The van der Waals surface area contributed by atoms with Crippen LogP contribution in [0.5, 0.6) is 5.75 Å². The molecule has 0 radical (unpaired) electrons. The molecule has 0 amide bonds. The Morgan fingerprint density at radius 1 is 1.12 bits per heavy atom. The second-order valence-corrected chi connectivity index (χ2v) is 5.75. The molecule has 128 valence electrons. The molecule has 0 aliphatic heterocycles. The number of fused-ring (bicyclic) bond motifs is 1. The van der Waals surface area contributed by atoms with Gasteiger partial charge in [-0.3, -0.25) is 9.78 Å². The number of nitrogens with zero attached hydrogens (tertiary/aromatic N) is 2. The van der Waals surface area contributed by atoms with E-state index in [-0.39, 0.29) is 5.78 Å². The number of ether oxygens (including phenoxy) is 1. The molecule has 26 heavy (non-hydrogen) atoms. The van der Waals surface area contributed by atoms with Gasteiger partial charge in [0.15, 0.2) is 5.78 Å². The fourth-order valence-electron chi connectivity index (χ4n) is 2.75. The van der Waals surface area contributed by atoms with Crippen molar-refractivity contribution in [3.05, 3.63) is 78.4 Å². The SMILES string of the molecule is COc1ccc(Nc2cnc3[nH]cc(C(=O)c4cccnc4)c3c2)cc1. The van der Waals surface area contributed by atoms with Crippen molar-refractivity contribution in [2.75, 3.05) is 12.4 Å². The predicted octanol–water partition coefficient (Wildman–Crippen LogP) is 3.94. The highest BCUT2D eigenvalue weighted by Gasteiger charge is 2.15. The van der Waals surface area contributed by atoms with Gasteiger partial charge in [-0.2, -0.15) is 0 Å². The number of aromatic amines is 1. The lowest BCUT2D eigenvalue weighted by Gasteiger charge is -2.07. The third-order valence-electron chi connectivity index (χ3n) is 4.08. The lowest BCUT2D eigenvalue weighted by molar-refractivity contribution is 0.104. The van der Waals surface area contributed by atoms with E-state index in [1.807, 2.05) is 30.3 Å². The Morgan fingerprint density at radius 2 is 1.96 bits per heavy atom. The van der Waals surface area contributed by atoms with Gasteiger partial charge in [-0.25, -0.2) is 4.98 Å². The molecule has 6 nitrogen and oxygen atoms in total. The quantitative estimate of drug-likeness (QED) is 0.536. The Bertz CT molecular complexity index is 1060. The number of pyridine rings is 2. The lowest BCUT2D eigenvalue weighted by Crippen LogP contribution is -2.01. The second kappa shape index (κ2) is 6.68. The first-order valence-electron chi connectivity index (χ1n) is 8.07. The van der Waals surface area contributed by atoms with Crippen LogP contribution >= 0.6 is 0 Å². The number of carbonyl (C=O) groups is 1. The molecule has 1 aromatic carbocycles. The van der Waals surface area contributed by atoms with E-state index in [0.717, 1.165) is 22.5 Å². The van der Waals surface area contributed by atoms with Crippen LogP contribution in [0.25, 0.3) is 11.0 Å². The molecule has 4 aromatic rings. The monoisotopic (exact) mass is 344 g/mol. The molecule has 0 aliphatic rings. The average molecular weight is 344 g/mol. The molecule has 3 aromatic heterocycles. The van der Waals surface area contributed by atoms with Crippen molar-refractivity contribution in [3.8, 4) is 5.75 Å². The van der Waals surface area contributed by atoms with E-state index in [4.69, 9.17) is 4.74 Å².